The summed E-state index contributed by atoms with van der Waals surface area (Å²) in [7, 11) is 0. The molecule has 4 nitrogen and oxygen atoms in total. The summed E-state index contributed by atoms with van der Waals surface area (Å²) in [5, 5.41) is 5.11. The molecule has 0 aliphatic heterocycles. The van der Waals surface area contributed by atoms with Gasteiger partial charge in [-0.3, -0.25) is 4.79 Å². The Kier molecular flexibility index (Phi) is 5.71. The van der Waals surface area contributed by atoms with Crippen molar-refractivity contribution in [3.63, 3.8) is 0 Å². The first-order chi connectivity index (χ1) is 14.1. The van der Waals surface area contributed by atoms with Gasteiger partial charge in [0.05, 0.1) is 6.21 Å². The minimum Gasteiger partial charge on any atom is -0.343 e. The molecule has 0 radical (unpaired) electrons. The number of halogens is 2. The summed E-state index contributed by atoms with van der Waals surface area (Å²) < 4.78 is 16.5. The molecule has 0 saturated carbocycles. The number of nitrogens with one attached hydrogen (secondary N) is 1. The Bertz CT molecular complexity index is 1220. The SMILES string of the molecule is O=C(N/N=C/c1ccc2c(ccn2Cc2cccc(F)c2)c1)c1cccc(I)c1. The molecule has 1 aromatic heterocycles. The van der Waals surface area contributed by atoms with Crippen molar-refractivity contribution in [2.75, 3.05) is 0 Å². The summed E-state index contributed by atoms with van der Waals surface area (Å²) in [6.45, 7) is 0.598. The number of hydrazone groups is 1. The molecule has 6 heteroatoms. The molecule has 4 rings (SSSR count). The highest BCUT2D eigenvalue weighted by molar-refractivity contribution is 14.1. The first-order valence-electron chi connectivity index (χ1n) is 9.01. The molecule has 0 spiro atoms. The molecule has 0 aliphatic carbocycles. The predicted octanol–water partition coefficient (Wildman–Crippen LogP) is 5.20. The molecule has 144 valence electrons. The summed E-state index contributed by atoms with van der Waals surface area (Å²) >= 11 is 2.17. The van der Waals surface area contributed by atoms with E-state index in [0.717, 1.165) is 25.6 Å². The Morgan fingerprint density at radius 1 is 1.07 bits per heavy atom. The van der Waals surface area contributed by atoms with Crippen molar-refractivity contribution in [2.45, 2.75) is 6.54 Å². The van der Waals surface area contributed by atoms with E-state index in [1.807, 2.05) is 48.7 Å². The highest BCUT2D eigenvalue weighted by Crippen LogP contribution is 2.19. The van der Waals surface area contributed by atoms with Crippen molar-refractivity contribution in [3.05, 3.63) is 105 Å². The van der Waals surface area contributed by atoms with Gasteiger partial charge in [-0.25, -0.2) is 9.82 Å². The zero-order valence-corrected chi connectivity index (χ0v) is 17.5. The first-order valence-corrected chi connectivity index (χ1v) is 10.1. The quantitative estimate of drug-likeness (QED) is 0.230. The van der Waals surface area contributed by atoms with Gasteiger partial charge in [-0.05, 0) is 82.2 Å². The third-order valence-electron chi connectivity index (χ3n) is 4.50. The highest BCUT2D eigenvalue weighted by Gasteiger charge is 2.05. The fourth-order valence-electron chi connectivity index (χ4n) is 3.13. The van der Waals surface area contributed by atoms with Crippen LogP contribution in [0.5, 0.6) is 0 Å². The Morgan fingerprint density at radius 2 is 1.93 bits per heavy atom. The second-order valence-electron chi connectivity index (χ2n) is 6.60. The first kappa shape index (κ1) is 19.3. The van der Waals surface area contributed by atoms with Crippen molar-refractivity contribution in [2.24, 2.45) is 5.10 Å². The molecule has 3 aromatic carbocycles. The van der Waals surface area contributed by atoms with E-state index in [4.69, 9.17) is 0 Å². The maximum absolute atomic E-state index is 13.4. The Labute approximate surface area is 181 Å². The van der Waals surface area contributed by atoms with E-state index in [1.165, 1.54) is 6.07 Å². The van der Waals surface area contributed by atoms with E-state index in [-0.39, 0.29) is 11.7 Å². The van der Waals surface area contributed by atoms with Gasteiger partial charge >= 0.3 is 0 Å². The molecule has 1 amide bonds. The summed E-state index contributed by atoms with van der Waals surface area (Å²) in [5.74, 6) is -0.480. The van der Waals surface area contributed by atoms with Crippen LogP contribution in [0.25, 0.3) is 10.9 Å². The lowest BCUT2D eigenvalue weighted by atomic mass is 10.1. The van der Waals surface area contributed by atoms with Gasteiger partial charge in [0.15, 0.2) is 0 Å². The smallest absolute Gasteiger partial charge is 0.271 e. The molecule has 0 aliphatic rings. The third-order valence-corrected chi connectivity index (χ3v) is 5.17. The average molecular weight is 497 g/mol. The summed E-state index contributed by atoms with van der Waals surface area (Å²) in [4.78, 5) is 12.1. The Balaban J connectivity index is 1.47. The second-order valence-corrected chi connectivity index (χ2v) is 7.85. The maximum atomic E-state index is 13.4. The minimum atomic E-state index is -0.248. The summed E-state index contributed by atoms with van der Waals surface area (Å²) in [5.41, 5.74) is 5.96. The number of carbonyl (C=O) groups excluding carboxylic acids is 1. The van der Waals surface area contributed by atoms with Crippen LogP contribution in [0, 0.1) is 9.39 Å². The molecule has 1 N–H and O–H groups in total. The number of nitrogens with zero attached hydrogens (tertiary/aromatic N) is 2. The molecule has 0 bridgehead atoms. The fourth-order valence-corrected chi connectivity index (χ4v) is 3.67. The van der Waals surface area contributed by atoms with Crippen molar-refractivity contribution in [1.82, 2.24) is 9.99 Å². The van der Waals surface area contributed by atoms with Crippen molar-refractivity contribution >= 4 is 45.6 Å². The number of hydrogen-bond donors (Lipinski definition) is 1. The van der Waals surface area contributed by atoms with E-state index in [0.29, 0.717) is 12.1 Å². The summed E-state index contributed by atoms with van der Waals surface area (Å²) in [6.07, 6.45) is 3.60. The van der Waals surface area contributed by atoms with Crippen LogP contribution in [0.1, 0.15) is 21.5 Å². The molecule has 4 aromatic rings. The fraction of sp³-hybridized carbons (Fsp3) is 0.0435. The lowest BCUT2D eigenvalue weighted by Gasteiger charge is -2.06. The van der Waals surface area contributed by atoms with E-state index >= 15 is 0 Å². The molecule has 0 unspecified atom stereocenters. The van der Waals surface area contributed by atoms with Gasteiger partial charge in [0.1, 0.15) is 5.82 Å². The van der Waals surface area contributed by atoms with Gasteiger partial charge in [-0.1, -0.05) is 24.3 Å². The summed E-state index contributed by atoms with van der Waals surface area (Å²) in [6, 6.07) is 21.9. The predicted molar refractivity (Wildman–Crippen MR) is 122 cm³/mol. The van der Waals surface area contributed by atoms with Gasteiger partial charge in [0.25, 0.3) is 5.91 Å². The topological polar surface area (TPSA) is 46.4 Å². The van der Waals surface area contributed by atoms with E-state index in [1.54, 1.807) is 30.5 Å². The lowest BCUT2D eigenvalue weighted by molar-refractivity contribution is 0.0955. The van der Waals surface area contributed by atoms with E-state index < -0.39 is 0 Å². The van der Waals surface area contributed by atoms with Gasteiger partial charge in [-0.15, -0.1) is 0 Å². The Hall–Kier alpha value is -3.00. The van der Waals surface area contributed by atoms with Crippen LogP contribution in [0.3, 0.4) is 0 Å². The maximum Gasteiger partial charge on any atom is 0.271 e. The molecule has 0 atom stereocenters. The zero-order chi connectivity index (χ0) is 20.2. The number of benzene rings is 3. The number of carbonyl (C=O) groups is 1. The number of fused-ring (bicyclic) bond motifs is 1. The van der Waals surface area contributed by atoms with Crippen molar-refractivity contribution < 1.29 is 9.18 Å². The largest absolute Gasteiger partial charge is 0.343 e. The number of aromatic nitrogens is 1. The lowest BCUT2D eigenvalue weighted by Crippen LogP contribution is -2.17. The number of hydrogen-bond acceptors (Lipinski definition) is 2. The van der Waals surface area contributed by atoms with Crippen LogP contribution in [-0.4, -0.2) is 16.7 Å². The van der Waals surface area contributed by atoms with Crippen LogP contribution in [0.2, 0.25) is 0 Å². The highest BCUT2D eigenvalue weighted by atomic mass is 127. The van der Waals surface area contributed by atoms with Crippen LogP contribution in [-0.2, 0) is 6.54 Å². The molecule has 1 heterocycles. The van der Waals surface area contributed by atoms with Crippen LogP contribution in [0.4, 0.5) is 4.39 Å². The van der Waals surface area contributed by atoms with E-state index in [9.17, 15) is 9.18 Å². The van der Waals surface area contributed by atoms with Crippen LogP contribution >= 0.6 is 22.6 Å². The molecule has 29 heavy (non-hydrogen) atoms. The molecular formula is C23H17FIN3O. The van der Waals surface area contributed by atoms with Gasteiger partial charge in [0, 0.05) is 32.8 Å². The molecule has 0 saturated heterocycles. The molecular weight excluding hydrogens is 480 g/mol. The van der Waals surface area contributed by atoms with Crippen molar-refractivity contribution in [3.8, 4) is 0 Å². The molecule has 0 fully saturated rings. The van der Waals surface area contributed by atoms with Crippen LogP contribution < -0.4 is 5.43 Å². The zero-order valence-electron chi connectivity index (χ0n) is 15.3. The van der Waals surface area contributed by atoms with Crippen molar-refractivity contribution in [1.29, 1.82) is 0 Å². The van der Waals surface area contributed by atoms with Crippen LogP contribution in [0.15, 0.2) is 84.1 Å². The standard InChI is InChI=1S/C23H17FIN3O/c24-20-5-1-3-17(12-20)15-28-10-9-18-11-16(7-8-22(18)28)14-26-27-23(29)19-4-2-6-21(25)13-19/h1-14H,15H2,(H,27,29)/b26-14+. The average Bonchev–Trinajstić information content (AvgIpc) is 3.10. The van der Waals surface area contributed by atoms with E-state index in [2.05, 4.69) is 37.7 Å². The minimum absolute atomic E-state index is 0.232. The van der Waals surface area contributed by atoms with Gasteiger partial charge in [-0.2, -0.15) is 5.10 Å². The number of rotatable bonds is 5. The monoisotopic (exact) mass is 497 g/mol. The second kappa shape index (κ2) is 8.57. The third kappa shape index (κ3) is 4.71. The number of amides is 1. The van der Waals surface area contributed by atoms with Gasteiger partial charge in [0.2, 0.25) is 0 Å². The Morgan fingerprint density at radius 3 is 2.76 bits per heavy atom. The normalized spacial score (nSPS) is 11.2. The van der Waals surface area contributed by atoms with Gasteiger partial charge < -0.3 is 4.57 Å².